The van der Waals surface area contributed by atoms with Crippen LogP contribution in [0.4, 0.5) is 5.69 Å². The molecule has 0 saturated carbocycles. The first-order valence-electron chi connectivity index (χ1n) is 8.28. The van der Waals surface area contributed by atoms with Gasteiger partial charge in [-0.15, -0.1) is 4.91 Å². The molecule has 0 heterocycles. The number of nitroso groups, excluding NO2 is 1. The number of benzene rings is 1. The highest BCUT2D eigenvalue weighted by molar-refractivity contribution is 5.52. The molecule has 0 fully saturated rings. The minimum absolute atomic E-state index is 0.158. The van der Waals surface area contributed by atoms with Crippen LogP contribution in [0.1, 0.15) is 56.2 Å². The van der Waals surface area contributed by atoms with Gasteiger partial charge in [-0.25, -0.2) is 0 Å². The minimum Gasteiger partial charge on any atom is -0.396 e. The van der Waals surface area contributed by atoms with Crippen LogP contribution in [0, 0.1) is 16.7 Å². The Balaban J connectivity index is 2.21. The Morgan fingerprint density at radius 2 is 2.00 bits per heavy atom. The smallest absolute Gasteiger partial charge is 0.111 e. The molecule has 116 valence electrons. The second kappa shape index (κ2) is 7.69. The highest BCUT2D eigenvalue weighted by atomic mass is 16.3. The third-order valence-electron chi connectivity index (χ3n) is 4.86. The lowest BCUT2D eigenvalue weighted by atomic mass is 9.74. The van der Waals surface area contributed by atoms with Gasteiger partial charge < -0.3 is 5.11 Å². The monoisotopic (exact) mass is 289 g/mol. The van der Waals surface area contributed by atoms with Gasteiger partial charge in [-0.2, -0.15) is 0 Å². The number of unbranched alkanes of at least 4 members (excludes halogenated alkanes) is 1. The molecule has 3 heteroatoms. The van der Waals surface area contributed by atoms with Gasteiger partial charge in [-0.3, -0.25) is 0 Å². The Morgan fingerprint density at radius 1 is 1.24 bits per heavy atom. The van der Waals surface area contributed by atoms with Crippen molar-refractivity contribution >= 4 is 5.69 Å². The van der Waals surface area contributed by atoms with E-state index in [9.17, 15) is 4.91 Å². The van der Waals surface area contributed by atoms with Crippen molar-refractivity contribution in [1.82, 2.24) is 0 Å². The molecular weight excluding hydrogens is 262 g/mol. The number of fused-ring (bicyclic) bond motifs is 1. The summed E-state index contributed by atoms with van der Waals surface area (Å²) in [5.41, 5.74) is 4.27. The minimum atomic E-state index is 0.158. The van der Waals surface area contributed by atoms with E-state index in [4.69, 9.17) is 5.11 Å². The van der Waals surface area contributed by atoms with Crippen molar-refractivity contribution in [3.63, 3.8) is 0 Å². The van der Waals surface area contributed by atoms with E-state index in [1.807, 2.05) is 6.07 Å². The van der Waals surface area contributed by atoms with Gasteiger partial charge in [0.1, 0.15) is 5.69 Å². The summed E-state index contributed by atoms with van der Waals surface area (Å²) < 4.78 is 0. The Hall–Kier alpha value is -1.22. The van der Waals surface area contributed by atoms with Crippen LogP contribution >= 0.6 is 0 Å². The van der Waals surface area contributed by atoms with Crippen LogP contribution in [-0.4, -0.2) is 11.7 Å². The van der Waals surface area contributed by atoms with E-state index in [1.165, 1.54) is 30.4 Å². The molecule has 1 aliphatic carbocycles. The van der Waals surface area contributed by atoms with Gasteiger partial charge in [0.25, 0.3) is 0 Å². The molecule has 0 aromatic heterocycles. The molecule has 1 aromatic carbocycles. The van der Waals surface area contributed by atoms with Crippen molar-refractivity contribution in [3.8, 4) is 0 Å². The van der Waals surface area contributed by atoms with Crippen molar-refractivity contribution in [2.75, 3.05) is 6.61 Å². The summed E-state index contributed by atoms with van der Waals surface area (Å²) in [6.45, 7) is 4.75. The number of hydrogen-bond donors (Lipinski definition) is 1. The van der Waals surface area contributed by atoms with Crippen molar-refractivity contribution < 1.29 is 5.11 Å². The number of aliphatic hydroxyl groups excluding tert-OH is 1. The average molecular weight is 289 g/mol. The van der Waals surface area contributed by atoms with Crippen molar-refractivity contribution in [2.24, 2.45) is 17.0 Å². The summed E-state index contributed by atoms with van der Waals surface area (Å²) in [5, 5.41) is 12.2. The zero-order valence-electron chi connectivity index (χ0n) is 13.3. The number of aryl methyl sites for hydroxylation is 1. The van der Waals surface area contributed by atoms with Gasteiger partial charge in [0.05, 0.1) is 0 Å². The standard InChI is InChI=1S/C18H27NO2/c1-3-4-6-14-10-17-12-18(19-21)15(7-5-8-20)11-16(17)9-13(14)2/h11-14,20H,3-10H2,1-2H3/t13?,14-/m0/s1. The summed E-state index contributed by atoms with van der Waals surface area (Å²) in [6.07, 6.45) is 7.44. The van der Waals surface area contributed by atoms with Crippen molar-refractivity contribution in [3.05, 3.63) is 33.7 Å². The lowest BCUT2D eigenvalue weighted by Crippen LogP contribution is -2.23. The number of nitrogens with zero attached hydrogens (tertiary/aromatic N) is 1. The van der Waals surface area contributed by atoms with Gasteiger partial charge >= 0.3 is 0 Å². The summed E-state index contributed by atoms with van der Waals surface area (Å²) in [4.78, 5) is 11.1. The maximum Gasteiger partial charge on any atom is 0.111 e. The molecular formula is C18H27NO2. The molecule has 0 saturated heterocycles. The van der Waals surface area contributed by atoms with Crippen LogP contribution < -0.4 is 0 Å². The maximum absolute atomic E-state index is 11.1. The van der Waals surface area contributed by atoms with Crippen LogP contribution in [0.25, 0.3) is 0 Å². The van der Waals surface area contributed by atoms with E-state index in [0.29, 0.717) is 18.0 Å². The van der Waals surface area contributed by atoms with Crippen LogP contribution in [-0.2, 0) is 19.3 Å². The summed E-state index contributed by atoms with van der Waals surface area (Å²) in [5.74, 6) is 1.45. The predicted molar refractivity (Wildman–Crippen MR) is 86.9 cm³/mol. The molecule has 0 spiro atoms. The zero-order valence-corrected chi connectivity index (χ0v) is 13.3. The third kappa shape index (κ3) is 3.91. The lowest BCUT2D eigenvalue weighted by molar-refractivity contribution is 0.288. The number of aliphatic hydroxyl groups is 1. The Bertz CT molecular complexity index is 484. The third-order valence-corrected chi connectivity index (χ3v) is 4.86. The van der Waals surface area contributed by atoms with Crippen LogP contribution in [0.3, 0.4) is 0 Å². The molecule has 0 aliphatic heterocycles. The molecule has 21 heavy (non-hydrogen) atoms. The summed E-state index contributed by atoms with van der Waals surface area (Å²) in [6, 6.07) is 4.16. The van der Waals surface area contributed by atoms with Crippen molar-refractivity contribution in [2.45, 2.75) is 58.8 Å². The van der Waals surface area contributed by atoms with E-state index in [-0.39, 0.29) is 6.61 Å². The topological polar surface area (TPSA) is 49.7 Å². The van der Waals surface area contributed by atoms with Gasteiger partial charge in [0.15, 0.2) is 0 Å². The van der Waals surface area contributed by atoms with Gasteiger partial charge in [0, 0.05) is 6.61 Å². The molecule has 1 aliphatic rings. The molecule has 1 aromatic rings. The normalized spacial score (nSPS) is 21.1. The fourth-order valence-corrected chi connectivity index (χ4v) is 3.51. The van der Waals surface area contributed by atoms with E-state index < -0.39 is 0 Å². The molecule has 0 bridgehead atoms. The zero-order chi connectivity index (χ0) is 15.2. The van der Waals surface area contributed by atoms with Gasteiger partial charge in [-0.1, -0.05) is 32.8 Å². The molecule has 0 amide bonds. The highest BCUT2D eigenvalue weighted by Crippen LogP contribution is 2.36. The second-order valence-corrected chi connectivity index (χ2v) is 6.46. The van der Waals surface area contributed by atoms with E-state index in [1.54, 1.807) is 0 Å². The molecule has 2 rings (SSSR count). The first-order valence-corrected chi connectivity index (χ1v) is 8.28. The fourth-order valence-electron chi connectivity index (χ4n) is 3.51. The Kier molecular flexibility index (Phi) is 5.92. The van der Waals surface area contributed by atoms with Gasteiger partial charge in [-0.05, 0) is 71.9 Å². The quantitative estimate of drug-likeness (QED) is 0.749. The molecule has 2 atom stereocenters. The first-order chi connectivity index (χ1) is 10.2. The maximum atomic E-state index is 11.1. The highest BCUT2D eigenvalue weighted by Gasteiger charge is 2.26. The molecule has 0 radical (unpaired) electrons. The van der Waals surface area contributed by atoms with E-state index >= 15 is 0 Å². The fraction of sp³-hybridized carbons (Fsp3) is 0.667. The Labute approximate surface area is 127 Å². The van der Waals surface area contributed by atoms with Crippen molar-refractivity contribution in [1.29, 1.82) is 0 Å². The predicted octanol–water partition coefficient (Wildman–Crippen LogP) is 4.55. The van der Waals surface area contributed by atoms with Crippen LogP contribution in [0.5, 0.6) is 0 Å². The SMILES string of the molecule is CCCC[C@H]1Cc2cc(N=O)c(CCCO)cc2CC1C. The Morgan fingerprint density at radius 3 is 2.67 bits per heavy atom. The average Bonchev–Trinajstić information content (AvgIpc) is 2.50. The molecule has 3 nitrogen and oxygen atoms in total. The largest absolute Gasteiger partial charge is 0.396 e. The van der Waals surface area contributed by atoms with Crippen LogP contribution in [0.2, 0.25) is 0 Å². The van der Waals surface area contributed by atoms with Crippen LogP contribution in [0.15, 0.2) is 17.3 Å². The molecule has 1 unspecified atom stereocenters. The molecule has 1 N–H and O–H groups in total. The van der Waals surface area contributed by atoms with E-state index in [2.05, 4.69) is 25.1 Å². The van der Waals surface area contributed by atoms with Gasteiger partial charge in [0.2, 0.25) is 0 Å². The lowest BCUT2D eigenvalue weighted by Gasteiger charge is -2.31. The first kappa shape index (κ1) is 16.2. The number of rotatable bonds is 7. The van der Waals surface area contributed by atoms with E-state index in [0.717, 1.165) is 30.7 Å². The summed E-state index contributed by atoms with van der Waals surface area (Å²) in [7, 11) is 0. The number of hydrogen-bond acceptors (Lipinski definition) is 3. The summed E-state index contributed by atoms with van der Waals surface area (Å²) >= 11 is 0. The second-order valence-electron chi connectivity index (χ2n) is 6.46.